The average molecular weight is 717 g/mol. The maximum absolute atomic E-state index is 13.1. The molecule has 0 bridgehead atoms. The summed E-state index contributed by atoms with van der Waals surface area (Å²) in [6.07, 6.45) is 4.64. The first-order chi connectivity index (χ1) is 21.8. The lowest BCUT2D eigenvalue weighted by molar-refractivity contribution is -0.0545. The van der Waals surface area contributed by atoms with E-state index in [0.717, 1.165) is 5.56 Å². The van der Waals surface area contributed by atoms with E-state index >= 15 is 0 Å². The lowest BCUT2D eigenvalue weighted by Crippen LogP contribution is -2.52. The number of aryl methyl sites for hydroxylation is 1. The first kappa shape index (κ1) is 40.4. The molecular weight excluding hydrogens is 657 g/mol. The second-order valence-electron chi connectivity index (χ2n) is 16.5. The smallest absolute Gasteiger partial charge is 0.410 e. The summed E-state index contributed by atoms with van der Waals surface area (Å²) in [4.78, 5) is 27.7. The van der Waals surface area contributed by atoms with E-state index in [9.17, 15) is 18.0 Å². The van der Waals surface area contributed by atoms with Crippen LogP contribution in [0.25, 0.3) is 0 Å². The molecule has 1 aliphatic heterocycles. The van der Waals surface area contributed by atoms with Crippen molar-refractivity contribution in [1.29, 1.82) is 0 Å². The largest absolute Gasteiger partial charge is 0.444 e. The third-order valence-electron chi connectivity index (χ3n) is 9.10. The van der Waals surface area contributed by atoms with Crippen LogP contribution < -0.4 is 5.32 Å². The SMILES string of the molecule is Cc1ccc(S(=O)(=O)OCC(COS(C)(C)C(C)(C)C)O[C@H]2C[C@@H](NC(=O)OC(C)(C)C)C3(CCN(C(=O)OC(C)(C)C)CC3)C2)cc1. The van der Waals surface area contributed by atoms with Crippen molar-refractivity contribution in [2.24, 2.45) is 5.41 Å². The van der Waals surface area contributed by atoms with Crippen molar-refractivity contribution >= 4 is 32.6 Å². The summed E-state index contributed by atoms with van der Waals surface area (Å²) in [6, 6.07) is 6.23. The van der Waals surface area contributed by atoms with Crippen LogP contribution in [-0.2, 0) is 32.7 Å². The molecule has 1 saturated heterocycles. The van der Waals surface area contributed by atoms with Gasteiger partial charge in [-0.15, -0.1) is 10.3 Å². The van der Waals surface area contributed by atoms with Gasteiger partial charge in [0.15, 0.2) is 0 Å². The van der Waals surface area contributed by atoms with Crippen molar-refractivity contribution < 1.29 is 40.6 Å². The van der Waals surface area contributed by atoms with Crippen LogP contribution in [0.3, 0.4) is 0 Å². The Bertz CT molecular complexity index is 1350. The highest BCUT2D eigenvalue weighted by atomic mass is 32.3. The zero-order valence-corrected chi connectivity index (χ0v) is 32.8. The van der Waals surface area contributed by atoms with Crippen molar-refractivity contribution in [2.45, 2.75) is 134 Å². The summed E-state index contributed by atoms with van der Waals surface area (Å²) in [5.41, 5.74) is -0.695. The summed E-state index contributed by atoms with van der Waals surface area (Å²) < 4.78 is 56.1. The molecule has 2 amide bonds. The molecule has 0 aromatic heterocycles. The number of hydrogen-bond acceptors (Lipinski definition) is 9. The van der Waals surface area contributed by atoms with Crippen LogP contribution in [0.4, 0.5) is 9.59 Å². The van der Waals surface area contributed by atoms with Crippen LogP contribution in [0.2, 0.25) is 0 Å². The molecule has 48 heavy (non-hydrogen) atoms. The molecule has 3 rings (SSSR count). The minimum atomic E-state index is -4.04. The molecule has 13 heteroatoms. The number of benzene rings is 1. The van der Waals surface area contributed by atoms with Gasteiger partial charge in [0.05, 0.1) is 24.2 Å². The molecule has 11 nitrogen and oxygen atoms in total. The molecule has 2 aliphatic rings. The van der Waals surface area contributed by atoms with Gasteiger partial charge in [-0.1, -0.05) is 38.5 Å². The van der Waals surface area contributed by atoms with Crippen molar-refractivity contribution in [3.8, 4) is 0 Å². The monoisotopic (exact) mass is 716 g/mol. The summed E-state index contributed by atoms with van der Waals surface area (Å²) >= 11 is 0. The van der Waals surface area contributed by atoms with E-state index in [1.54, 1.807) is 17.0 Å². The second kappa shape index (κ2) is 15.0. The van der Waals surface area contributed by atoms with Gasteiger partial charge in [-0.25, -0.2) is 9.59 Å². The summed E-state index contributed by atoms with van der Waals surface area (Å²) in [5, 5.41) is 3.11. The number of ether oxygens (including phenoxy) is 3. The number of carbonyl (C=O) groups is 2. The third kappa shape index (κ3) is 11.5. The molecule has 1 aliphatic carbocycles. The van der Waals surface area contributed by atoms with Gasteiger partial charge in [-0.3, -0.25) is 4.18 Å². The van der Waals surface area contributed by atoms with Gasteiger partial charge in [0, 0.05) is 23.9 Å². The molecule has 276 valence electrons. The lowest BCUT2D eigenvalue weighted by atomic mass is 9.74. The highest BCUT2D eigenvalue weighted by Crippen LogP contribution is 2.54. The van der Waals surface area contributed by atoms with Crippen molar-refractivity contribution in [2.75, 3.05) is 38.8 Å². The Balaban J connectivity index is 1.82. The Hall–Kier alpha value is -2.06. The van der Waals surface area contributed by atoms with Crippen molar-refractivity contribution in [3.05, 3.63) is 29.8 Å². The summed E-state index contributed by atoms with van der Waals surface area (Å²) in [6.45, 7) is 20.1. The van der Waals surface area contributed by atoms with Gasteiger partial charge < -0.3 is 28.6 Å². The van der Waals surface area contributed by atoms with Gasteiger partial charge in [-0.05, 0) is 104 Å². The van der Waals surface area contributed by atoms with E-state index in [1.165, 1.54) is 12.1 Å². The molecule has 1 aromatic carbocycles. The molecule has 0 radical (unpaired) electrons. The van der Waals surface area contributed by atoms with E-state index < -0.39 is 43.8 Å². The van der Waals surface area contributed by atoms with Crippen LogP contribution >= 0.6 is 10.3 Å². The van der Waals surface area contributed by atoms with Crippen LogP contribution in [0.15, 0.2) is 29.2 Å². The Morgan fingerprint density at radius 3 is 1.96 bits per heavy atom. The summed E-state index contributed by atoms with van der Waals surface area (Å²) in [7, 11) is -5.58. The maximum Gasteiger partial charge on any atom is 0.410 e. The standard InChI is InChI=1S/C35H60N2O9S2/c1-25-13-15-28(16-14-25)48(40,41)43-24-27(23-42-47(11,12)34(8,9)10)44-26-21-29(36-30(38)45-32(2,3)4)35(22-26)17-19-37(20-18-35)31(39)46-33(5,6)7/h13-16,26-27,29H,17-24H2,1-12H3,(H,36,38)/t26-,27?,29+/m0/s1. The van der Waals surface area contributed by atoms with Crippen LogP contribution in [-0.4, -0.2) is 98.5 Å². The molecule has 1 N–H and O–H groups in total. The first-order valence-electron chi connectivity index (χ1n) is 16.8. The van der Waals surface area contributed by atoms with Crippen LogP contribution in [0.5, 0.6) is 0 Å². The Labute approximate surface area is 290 Å². The molecular formula is C35H60N2O9S2. The predicted molar refractivity (Wildman–Crippen MR) is 190 cm³/mol. The van der Waals surface area contributed by atoms with Gasteiger partial charge in [0.2, 0.25) is 0 Å². The zero-order chi connectivity index (χ0) is 36.3. The fraction of sp³-hybridized carbons (Fsp3) is 0.771. The van der Waals surface area contributed by atoms with E-state index in [1.807, 2.05) is 48.5 Å². The topological polar surface area (TPSA) is 130 Å². The van der Waals surface area contributed by atoms with Gasteiger partial charge in [0.1, 0.15) is 17.3 Å². The fourth-order valence-electron chi connectivity index (χ4n) is 5.73. The van der Waals surface area contributed by atoms with Crippen molar-refractivity contribution in [1.82, 2.24) is 10.2 Å². The fourth-order valence-corrected chi connectivity index (χ4v) is 7.51. The van der Waals surface area contributed by atoms with E-state index in [2.05, 4.69) is 38.6 Å². The number of amides is 2. The molecule has 3 atom stereocenters. The van der Waals surface area contributed by atoms with Crippen molar-refractivity contribution in [3.63, 3.8) is 0 Å². The first-order valence-corrected chi connectivity index (χ1v) is 20.6. The Kier molecular flexibility index (Phi) is 12.7. The Morgan fingerprint density at radius 1 is 0.896 bits per heavy atom. The average Bonchev–Trinajstić information content (AvgIpc) is 3.23. The van der Waals surface area contributed by atoms with E-state index in [0.29, 0.717) is 38.8 Å². The molecule has 2 fully saturated rings. The number of piperidine rings is 1. The number of nitrogens with one attached hydrogen (secondary N) is 1. The normalized spacial score (nSPS) is 21.5. The number of rotatable bonds is 10. The number of nitrogens with zero attached hydrogens (tertiary/aromatic N) is 1. The number of hydrogen-bond donors (Lipinski definition) is 1. The zero-order valence-electron chi connectivity index (χ0n) is 31.1. The Morgan fingerprint density at radius 2 is 1.44 bits per heavy atom. The predicted octanol–water partition coefficient (Wildman–Crippen LogP) is 6.95. The number of likely N-dealkylation sites (tertiary alicyclic amines) is 1. The second-order valence-corrected chi connectivity index (χ2v) is 22.1. The van der Waals surface area contributed by atoms with Crippen LogP contribution in [0, 0.1) is 12.3 Å². The van der Waals surface area contributed by atoms with Crippen LogP contribution in [0.1, 0.15) is 93.6 Å². The lowest BCUT2D eigenvalue weighted by Gasteiger charge is -2.44. The number of alkyl carbamates (subject to hydrolysis) is 1. The number of carbonyl (C=O) groups excluding carboxylic acids is 2. The minimum Gasteiger partial charge on any atom is -0.444 e. The molecule has 1 saturated carbocycles. The quantitative estimate of drug-likeness (QED) is 0.256. The molecule has 1 unspecified atom stereocenters. The van der Waals surface area contributed by atoms with Gasteiger partial charge >= 0.3 is 12.2 Å². The summed E-state index contributed by atoms with van der Waals surface area (Å²) in [5.74, 6) is 0. The van der Waals surface area contributed by atoms with Gasteiger partial charge in [0.25, 0.3) is 10.1 Å². The third-order valence-corrected chi connectivity index (χ3v) is 14.1. The van der Waals surface area contributed by atoms with E-state index in [-0.39, 0.29) is 46.5 Å². The highest BCUT2D eigenvalue weighted by Gasteiger charge is 2.51. The van der Waals surface area contributed by atoms with Gasteiger partial charge in [-0.2, -0.15) is 8.42 Å². The maximum atomic E-state index is 13.1. The van der Waals surface area contributed by atoms with E-state index in [4.69, 9.17) is 22.6 Å². The molecule has 1 spiro atoms. The minimum absolute atomic E-state index is 0.0756. The molecule has 1 heterocycles. The molecule has 1 aromatic rings. The highest BCUT2D eigenvalue weighted by molar-refractivity contribution is 8.29.